The van der Waals surface area contributed by atoms with Crippen molar-refractivity contribution in [3.63, 3.8) is 0 Å². The fraction of sp³-hybridized carbons (Fsp3) is 0.300. The molecule has 1 saturated heterocycles. The van der Waals surface area contributed by atoms with Crippen LogP contribution in [0.15, 0.2) is 54.6 Å². The molecule has 2 aromatic carbocycles. The van der Waals surface area contributed by atoms with Gasteiger partial charge in [0.2, 0.25) is 0 Å². The number of hydrogen-bond donors (Lipinski definition) is 1. The Labute approximate surface area is 152 Å². The minimum atomic E-state index is -0.717. The van der Waals surface area contributed by atoms with E-state index >= 15 is 0 Å². The monoisotopic (exact) mass is 351 g/mol. The molecule has 1 aliphatic rings. The van der Waals surface area contributed by atoms with Crippen molar-refractivity contribution in [2.45, 2.75) is 24.7 Å². The van der Waals surface area contributed by atoms with Crippen molar-refractivity contribution < 1.29 is 14.3 Å². The van der Waals surface area contributed by atoms with Gasteiger partial charge in [-0.1, -0.05) is 30.3 Å². The van der Waals surface area contributed by atoms with Crippen LogP contribution in [0.25, 0.3) is 0 Å². The quantitative estimate of drug-likeness (QED) is 0.865. The maximum Gasteiger partial charge on any atom is 0.255 e. The van der Waals surface area contributed by atoms with E-state index in [2.05, 4.69) is 11.4 Å². The van der Waals surface area contributed by atoms with Crippen molar-refractivity contribution in [3.05, 3.63) is 60.2 Å². The maximum absolute atomic E-state index is 12.8. The highest BCUT2D eigenvalue weighted by molar-refractivity contribution is 5.86. The van der Waals surface area contributed by atoms with Gasteiger partial charge in [-0.2, -0.15) is 5.26 Å². The fourth-order valence-electron chi connectivity index (χ4n) is 3.20. The van der Waals surface area contributed by atoms with Crippen LogP contribution in [0.3, 0.4) is 0 Å². The van der Waals surface area contributed by atoms with Gasteiger partial charge in [-0.15, -0.1) is 0 Å². The van der Waals surface area contributed by atoms with Crippen molar-refractivity contribution in [1.82, 2.24) is 4.90 Å². The zero-order chi connectivity index (χ0) is 18.5. The Morgan fingerprint density at radius 2 is 1.81 bits per heavy atom. The van der Waals surface area contributed by atoms with Gasteiger partial charge in [-0.3, -0.25) is 4.79 Å². The van der Waals surface area contributed by atoms with Gasteiger partial charge in [-0.05, 0) is 29.8 Å². The number of nitriles is 1. The Morgan fingerprint density at radius 1 is 1.12 bits per heavy atom. The number of methoxy groups -OCH3 is 2. The van der Waals surface area contributed by atoms with E-state index in [0.717, 1.165) is 17.0 Å². The van der Waals surface area contributed by atoms with Gasteiger partial charge >= 0.3 is 0 Å². The molecule has 0 radical (unpaired) electrons. The summed E-state index contributed by atoms with van der Waals surface area (Å²) in [6, 6.07) is 18.1. The lowest BCUT2D eigenvalue weighted by molar-refractivity contribution is -0.136. The third-order valence-electron chi connectivity index (χ3n) is 4.53. The number of benzene rings is 2. The molecule has 6 nitrogen and oxygen atoms in total. The van der Waals surface area contributed by atoms with Crippen LogP contribution < -0.4 is 10.1 Å². The van der Waals surface area contributed by atoms with E-state index in [4.69, 9.17) is 9.47 Å². The van der Waals surface area contributed by atoms with Gasteiger partial charge < -0.3 is 19.7 Å². The Bertz CT molecular complexity index is 786. The molecule has 1 heterocycles. The lowest BCUT2D eigenvalue weighted by Crippen LogP contribution is -2.40. The summed E-state index contributed by atoms with van der Waals surface area (Å²) < 4.78 is 10.6. The van der Waals surface area contributed by atoms with Gasteiger partial charge in [0.25, 0.3) is 5.91 Å². The molecule has 0 saturated carbocycles. The summed E-state index contributed by atoms with van der Waals surface area (Å²) in [4.78, 5) is 14.4. The Kier molecular flexibility index (Phi) is 5.40. The predicted octanol–water partition coefficient (Wildman–Crippen LogP) is 2.43. The molecule has 0 spiro atoms. The van der Waals surface area contributed by atoms with E-state index < -0.39 is 18.2 Å². The number of hydrogen-bond acceptors (Lipinski definition) is 5. The Hall–Kier alpha value is -3.04. The molecule has 0 aliphatic carbocycles. The average Bonchev–Trinajstić information content (AvgIpc) is 2.93. The van der Waals surface area contributed by atoms with Crippen LogP contribution in [0.2, 0.25) is 0 Å². The second kappa shape index (κ2) is 7.89. The maximum atomic E-state index is 12.8. The molecule has 3 atom stereocenters. The van der Waals surface area contributed by atoms with Gasteiger partial charge in [0.05, 0.1) is 19.2 Å². The summed E-state index contributed by atoms with van der Waals surface area (Å²) in [5, 5.41) is 13.0. The van der Waals surface area contributed by atoms with Crippen molar-refractivity contribution in [2.75, 3.05) is 19.5 Å². The summed E-state index contributed by atoms with van der Waals surface area (Å²) in [5.41, 5.74) is 1.77. The molecule has 0 unspecified atom stereocenters. The topological polar surface area (TPSA) is 74.6 Å². The molecule has 3 rings (SSSR count). The number of carbonyl (C=O) groups excluding carboxylic acids is 1. The summed E-state index contributed by atoms with van der Waals surface area (Å²) >= 11 is 0. The zero-order valence-electron chi connectivity index (χ0n) is 14.8. The van der Waals surface area contributed by atoms with Crippen molar-refractivity contribution in [1.29, 1.82) is 5.26 Å². The Morgan fingerprint density at radius 3 is 2.38 bits per heavy atom. The fourth-order valence-corrected chi connectivity index (χ4v) is 3.20. The third-order valence-corrected chi connectivity index (χ3v) is 4.53. The van der Waals surface area contributed by atoms with E-state index in [1.54, 1.807) is 12.0 Å². The van der Waals surface area contributed by atoms with Crippen LogP contribution >= 0.6 is 0 Å². The lowest BCUT2D eigenvalue weighted by Gasteiger charge is -2.23. The largest absolute Gasteiger partial charge is 0.497 e. The van der Waals surface area contributed by atoms with Crippen LogP contribution in [-0.4, -0.2) is 43.2 Å². The van der Waals surface area contributed by atoms with E-state index in [9.17, 15) is 10.1 Å². The summed E-state index contributed by atoms with van der Waals surface area (Å²) in [6.07, 6.45) is -0.717. The van der Waals surface area contributed by atoms with Crippen LogP contribution in [-0.2, 0) is 16.1 Å². The molecule has 0 bridgehead atoms. The summed E-state index contributed by atoms with van der Waals surface area (Å²) in [7, 11) is 3.10. The van der Waals surface area contributed by atoms with Crippen LogP contribution in [0, 0.1) is 11.3 Å². The molecular formula is C20H21N3O3. The molecule has 26 heavy (non-hydrogen) atoms. The number of rotatable bonds is 6. The molecule has 1 amide bonds. The first-order valence-electron chi connectivity index (χ1n) is 8.35. The number of anilines is 1. The highest BCUT2D eigenvalue weighted by Crippen LogP contribution is 2.27. The smallest absolute Gasteiger partial charge is 0.255 e. The third kappa shape index (κ3) is 3.48. The van der Waals surface area contributed by atoms with E-state index in [0.29, 0.717) is 6.54 Å². The van der Waals surface area contributed by atoms with Gasteiger partial charge in [-0.25, -0.2) is 0 Å². The van der Waals surface area contributed by atoms with Crippen LogP contribution in [0.4, 0.5) is 5.69 Å². The molecule has 0 aromatic heterocycles. The SMILES string of the molecule is COc1ccc(N[C@H]2[C@@H](C#N)N(Cc3ccccc3)C(=O)[C@@H]2OC)cc1. The van der Waals surface area contributed by atoms with Gasteiger partial charge in [0.15, 0.2) is 6.10 Å². The molecule has 134 valence electrons. The van der Waals surface area contributed by atoms with E-state index in [-0.39, 0.29) is 5.91 Å². The number of ether oxygens (including phenoxy) is 2. The van der Waals surface area contributed by atoms with Crippen LogP contribution in [0.5, 0.6) is 5.75 Å². The van der Waals surface area contributed by atoms with Crippen LogP contribution in [0.1, 0.15) is 5.56 Å². The van der Waals surface area contributed by atoms with Crippen molar-refractivity contribution in [2.24, 2.45) is 0 Å². The first-order chi connectivity index (χ1) is 12.7. The van der Waals surface area contributed by atoms with Gasteiger partial charge in [0, 0.05) is 19.3 Å². The average molecular weight is 351 g/mol. The highest BCUT2D eigenvalue weighted by atomic mass is 16.5. The highest BCUT2D eigenvalue weighted by Gasteiger charge is 2.48. The number of likely N-dealkylation sites (tertiary alicyclic amines) is 1. The second-order valence-electron chi connectivity index (χ2n) is 6.08. The molecule has 1 fully saturated rings. The first-order valence-corrected chi connectivity index (χ1v) is 8.35. The standard InChI is InChI=1S/C20H21N3O3/c1-25-16-10-8-15(9-11-16)22-18-17(12-21)23(20(24)19(18)26-2)13-14-6-4-3-5-7-14/h3-11,17-19,22H,13H2,1-2H3/t17-,18+,19-/m1/s1. The van der Waals surface area contributed by atoms with E-state index in [1.165, 1.54) is 7.11 Å². The molecule has 1 N–H and O–H groups in total. The minimum Gasteiger partial charge on any atom is -0.497 e. The minimum absolute atomic E-state index is 0.186. The summed E-state index contributed by atoms with van der Waals surface area (Å²) in [5.74, 6) is 0.554. The molecular weight excluding hydrogens is 330 g/mol. The molecule has 1 aliphatic heterocycles. The first kappa shape index (κ1) is 17.8. The second-order valence-corrected chi connectivity index (χ2v) is 6.08. The number of nitrogens with zero attached hydrogens (tertiary/aromatic N) is 2. The number of amides is 1. The number of nitrogens with one attached hydrogen (secondary N) is 1. The van der Waals surface area contributed by atoms with Gasteiger partial charge in [0.1, 0.15) is 11.8 Å². The van der Waals surface area contributed by atoms with E-state index in [1.807, 2.05) is 54.6 Å². The predicted molar refractivity (Wildman–Crippen MR) is 97.6 cm³/mol. The number of carbonyl (C=O) groups is 1. The lowest BCUT2D eigenvalue weighted by atomic mass is 10.1. The van der Waals surface area contributed by atoms with Crippen molar-refractivity contribution in [3.8, 4) is 11.8 Å². The molecule has 6 heteroatoms. The summed E-state index contributed by atoms with van der Waals surface area (Å²) in [6.45, 7) is 0.374. The normalized spacial score (nSPS) is 22.1. The van der Waals surface area contributed by atoms with Crippen molar-refractivity contribution >= 4 is 11.6 Å². The Balaban J connectivity index is 1.83. The zero-order valence-corrected chi connectivity index (χ0v) is 14.8. The molecule has 2 aromatic rings.